The fourth-order valence-corrected chi connectivity index (χ4v) is 3.44. The number of aromatic amines is 1. The summed E-state index contributed by atoms with van der Waals surface area (Å²) in [5.41, 5.74) is 0.863. The Kier molecular flexibility index (Phi) is 4.57. The van der Waals surface area contributed by atoms with E-state index in [0.717, 1.165) is 18.5 Å². The molecule has 2 N–H and O–H groups in total. The number of H-pyrrole nitrogens is 1. The molecule has 1 aromatic carbocycles. The largest absolute Gasteiger partial charge is 0.280 e. The van der Waals surface area contributed by atoms with Crippen molar-refractivity contribution in [3.05, 3.63) is 40.0 Å². The Morgan fingerprint density at radius 2 is 2.05 bits per heavy atom. The molecule has 108 valence electrons. The van der Waals surface area contributed by atoms with Crippen LogP contribution in [0.15, 0.2) is 29.2 Å². The van der Waals surface area contributed by atoms with Crippen LogP contribution in [0.2, 0.25) is 10.0 Å². The Hall–Kier alpha value is -1.24. The van der Waals surface area contributed by atoms with Crippen LogP contribution in [0.4, 0.5) is 5.82 Å². The van der Waals surface area contributed by atoms with E-state index in [9.17, 15) is 8.42 Å². The molecule has 0 fully saturated rings. The third kappa shape index (κ3) is 3.45. The van der Waals surface area contributed by atoms with Crippen LogP contribution in [-0.4, -0.2) is 18.6 Å². The fourth-order valence-electron chi connectivity index (χ4n) is 1.69. The normalized spacial score (nSPS) is 11.6. The first-order valence-electron chi connectivity index (χ1n) is 5.94. The van der Waals surface area contributed by atoms with E-state index in [1.165, 1.54) is 18.2 Å². The van der Waals surface area contributed by atoms with Gasteiger partial charge in [0.15, 0.2) is 5.82 Å². The van der Waals surface area contributed by atoms with E-state index in [1.807, 2.05) is 6.92 Å². The Morgan fingerprint density at radius 3 is 2.75 bits per heavy atom. The van der Waals surface area contributed by atoms with Crippen molar-refractivity contribution in [2.75, 3.05) is 4.72 Å². The Morgan fingerprint density at radius 1 is 1.30 bits per heavy atom. The minimum Gasteiger partial charge on any atom is -0.280 e. The summed E-state index contributed by atoms with van der Waals surface area (Å²) in [6, 6.07) is 5.91. The first-order chi connectivity index (χ1) is 9.42. The second kappa shape index (κ2) is 6.03. The lowest BCUT2D eigenvalue weighted by Crippen LogP contribution is -2.13. The smallest absolute Gasteiger partial charge is 0.264 e. The molecule has 5 nitrogen and oxygen atoms in total. The minimum atomic E-state index is -3.82. The Balaban J connectivity index is 2.28. The van der Waals surface area contributed by atoms with E-state index >= 15 is 0 Å². The summed E-state index contributed by atoms with van der Waals surface area (Å²) in [5, 5.41) is 7.07. The molecule has 0 aliphatic carbocycles. The number of benzene rings is 1. The van der Waals surface area contributed by atoms with Gasteiger partial charge in [-0.1, -0.05) is 36.5 Å². The highest BCUT2D eigenvalue weighted by Gasteiger charge is 2.19. The van der Waals surface area contributed by atoms with Crippen molar-refractivity contribution in [1.29, 1.82) is 0 Å². The lowest BCUT2D eigenvalue weighted by molar-refractivity contribution is 0.601. The quantitative estimate of drug-likeness (QED) is 0.879. The van der Waals surface area contributed by atoms with Crippen molar-refractivity contribution < 1.29 is 8.42 Å². The maximum Gasteiger partial charge on any atom is 0.264 e. The molecule has 1 heterocycles. The molecule has 2 rings (SSSR count). The fraction of sp³-hybridized carbons (Fsp3) is 0.250. The predicted molar refractivity (Wildman–Crippen MR) is 79.9 cm³/mol. The topological polar surface area (TPSA) is 74.8 Å². The van der Waals surface area contributed by atoms with Gasteiger partial charge in [0.1, 0.15) is 4.90 Å². The summed E-state index contributed by atoms with van der Waals surface area (Å²) < 4.78 is 26.8. The second-order valence-electron chi connectivity index (χ2n) is 4.21. The van der Waals surface area contributed by atoms with Gasteiger partial charge >= 0.3 is 0 Å². The van der Waals surface area contributed by atoms with Gasteiger partial charge in [0.05, 0.1) is 5.02 Å². The van der Waals surface area contributed by atoms with E-state index in [1.54, 1.807) is 6.07 Å². The van der Waals surface area contributed by atoms with Gasteiger partial charge in [-0.15, -0.1) is 0 Å². The Bertz CT molecular complexity index is 713. The van der Waals surface area contributed by atoms with Crippen molar-refractivity contribution >= 4 is 39.0 Å². The SMILES string of the molecule is CCCc1cc(NS(=O)(=O)c2cc(Cl)ccc2Cl)n[nH]1. The third-order valence-electron chi connectivity index (χ3n) is 2.57. The van der Waals surface area contributed by atoms with Gasteiger partial charge in [0.2, 0.25) is 0 Å². The highest BCUT2D eigenvalue weighted by molar-refractivity contribution is 7.92. The number of sulfonamides is 1. The van der Waals surface area contributed by atoms with Gasteiger partial charge in [-0.3, -0.25) is 9.82 Å². The lowest BCUT2D eigenvalue weighted by atomic mass is 10.2. The number of halogens is 2. The van der Waals surface area contributed by atoms with Crippen LogP contribution < -0.4 is 4.72 Å². The van der Waals surface area contributed by atoms with Gasteiger partial charge in [-0.25, -0.2) is 8.42 Å². The van der Waals surface area contributed by atoms with Crippen LogP contribution in [0.5, 0.6) is 0 Å². The standard InChI is InChI=1S/C12H13Cl2N3O2S/c1-2-3-9-7-12(16-15-9)17-20(18,19)11-6-8(13)4-5-10(11)14/h4-7H,2-3H2,1H3,(H2,15,16,17). The van der Waals surface area contributed by atoms with Crippen molar-refractivity contribution in [1.82, 2.24) is 10.2 Å². The van der Waals surface area contributed by atoms with Crippen LogP contribution in [0.3, 0.4) is 0 Å². The summed E-state index contributed by atoms with van der Waals surface area (Å²) >= 11 is 11.7. The van der Waals surface area contributed by atoms with Crippen LogP contribution in [-0.2, 0) is 16.4 Å². The maximum atomic E-state index is 12.2. The molecular weight excluding hydrogens is 321 g/mol. The highest BCUT2D eigenvalue weighted by atomic mass is 35.5. The first-order valence-corrected chi connectivity index (χ1v) is 8.18. The molecule has 2 aromatic rings. The number of nitrogens with one attached hydrogen (secondary N) is 2. The van der Waals surface area contributed by atoms with Crippen molar-refractivity contribution in [2.45, 2.75) is 24.7 Å². The average molecular weight is 334 g/mol. The van der Waals surface area contributed by atoms with Crippen LogP contribution >= 0.6 is 23.2 Å². The zero-order valence-corrected chi connectivity index (χ0v) is 13.0. The third-order valence-corrected chi connectivity index (χ3v) is 4.64. The lowest BCUT2D eigenvalue weighted by Gasteiger charge is -2.07. The molecule has 0 saturated heterocycles. The van der Waals surface area contributed by atoms with E-state index in [0.29, 0.717) is 5.02 Å². The molecule has 0 aliphatic heterocycles. The molecule has 0 spiro atoms. The molecule has 0 saturated carbocycles. The summed E-state index contributed by atoms with van der Waals surface area (Å²) in [7, 11) is -3.82. The summed E-state index contributed by atoms with van der Waals surface area (Å²) in [6.07, 6.45) is 1.74. The predicted octanol–water partition coefficient (Wildman–Crippen LogP) is 3.47. The molecule has 8 heteroatoms. The van der Waals surface area contributed by atoms with E-state index < -0.39 is 10.0 Å². The van der Waals surface area contributed by atoms with Crippen molar-refractivity contribution in [2.24, 2.45) is 0 Å². The van der Waals surface area contributed by atoms with Gasteiger partial charge < -0.3 is 0 Å². The van der Waals surface area contributed by atoms with Gasteiger partial charge in [-0.05, 0) is 24.6 Å². The molecule has 0 amide bonds. The molecular formula is C12H13Cl2N3O2S. The minimum absolute atomic E-state index is 0.0771. The molecule has 1 aromatic heterocycles. The van der Waals surface area contributed by atoms with E-state index in [2.05, 4.69) is 14.9 Å². The number of rotatable bonds is 5. The monoisotopic (exact) mass is 333 g/mol. The zero-order valence-electron chi connectivity index (χ0n) is 10.7. The van der Waals surface area contributed by atoms with Crippen molar-refractivity contribution in [3.8, 4) is 0 Å². The number of aromatic nitrogens is 2. The summed E-state index contributed by atoms with van der Waals surface area (Å²) in [6.45, 7) is 2.02. The molecule has 0 aliphatic rings. The number of nitrogens with zero attached hydrogens (tertiary/aromatic N) is 1. The molecule has 0 radical (unpaired) electrons. The maximum absolute atomic E-state index is 12.2. The van der Waals surface area contributed by atoms with Crippen LogP contribution in [0.1, 0.15) is 19.0 Å². The zero-order chi connectivity index (χ0) is 14.8. The van der Waals surface area contributed by atoms with Gasteiger partial charge in [0, 0.05) is 16.8 Å². The van der Waals surface area contributed by atoms with Gasteiger partial charge in [0.25, 0.3) is 10.0 Å². The van der Waals surface area contributed by atoms with E-state index in [4.69, 9.17) is 23.2 Å². The molecule has 20 heavy (non-hydrogen) atoms. The molecule has 0 bridgehead atoms. The van der Waals surface area contributed by atoms with Crippen LogP contribution in [0, 0.1) is 0 Å². The van der Waals surface area contributed by atoms with Crippen molar-refractivity contribution in [3.63, 3.8) is 0 Å². The average Bonchev–Trinajstić information content (AvgIpc) is 2.79. The highest BCUT2D eigenvalue weighted by Crippen LogP contribution is 2.26. The van der Waals surface area contributed by atoms with Crippen LogP contribution in [0.25, 0.3) is 0 Å². The summed E-state index contributed by atoms with van der Waals surface area (Å²) in [5.74, 6) is 0.226. The number of aryl methyl sites for hydroxylation is 1. The number of hydrogen-bond acceptors (Lipinski definition) is 3. The number of hydrogen-bond donors (Lipinski definition) is 2. The molecule has 0 atom stereocenters. The molecule has 0 unspecified atom stereocenters. The van der Waals surface area contributed by atoms with E-state index in [-0.39, 0.29) is 15.7 Å². The second-order valence-corrected chi connectivity index (χ2v) is 6.70. The Labute approximate surface area is 127 Å². The first kappa shape index (κ1) is 15.2. The number of anilines is 1. The van der Waals surface area contributed by atoms with Gasteiger partial charge in [-0.2, -0.15) is 5.10 Å². The summed E-state index contributed by atoms with van der Waals surface area (Å²) in [4.78, 5) is -0.0771.